The Morgan fingerprint density at radius 1 is 0.422 bits per heavy atom. The van der Waals surface area contributed by atoms with Crippen molar-refractivity contribution in [3.8, 4) is 0 Å². The van der Waals surface area contributed by atoms with E-state index in [9.17, 15) is 9.59 Å². The van der Waals surface area contributed by atoms with Crippen molar-refractivity contribution in [2.45, 2.75) is 0 Å². The molecule has 0 aliphatic heterocycles. The van der Waals surface area contributed by atoms with Gasteiger partial charge in [0.1, 0.15) is 0 Å². The molecular formula is C26H16Cl8CoN8O2. The summed E-state index contributed by atoms with van der Waals surface area (Å²) in [6.07, 6.45) is 0. The molecule has 4 aromatic carbocycles. The van der Waals surface area contributed by atoms with Gasteiger partial charge < -0.3 is 0 Å². The molecule has 4 rings (SSSR count). The number of halogens is 8. The van der Waals surface area contributed by atoms with Gasteiger partial charge in [-0.3, -0.25) is 10.9 Å². The average Bonchev–Trinajstić information content (AvgIpc) is 2.91. The van der Waals surface area contributed by atoms with Gasteiger partial charge in [0.25, 0.3) is 0 Å². The molecule has 0 spiro atoms. The second-order valence-electron chi connectivity index (χ2n) is 8.08. The monoisotopic (exact) mass is 811 g/mol. The molecule has 10 nitrogen and oxygen atoms in total. The summed E-state index contributed by atoms with van der Waals surface area (Å²) >= 11 is 46.6. The Kier molecular flexibility index (Phi) is 16.5. The van der Waals surface area contributed by atoms with Crippen LogP contribution < -0.4 is 21.7 Å². The van der Waals surface area contributed by atoms with Crippen LogP contribution in [0.5, 0.6) is 0 Å². The summed E-state index contributed by atoms with van der Waals surface area (Å²) < 4.78 is 0. The number of hydrogen-bond donors (Lipinski definition) is 4. The van der Waals surface area contributed by atoms with Gasteiger partial charge in [-0.1, -0.05) is 103 Å². The van der Waals surface area contributed by atoms with Gasteiger partial charge in [0.05, 0.1) is 22.7 Å². The summed E-state index contributed by atoms with van der Waals surface area (Å²) in [5.74, 6) is 0. The van der Waals surface area contributed by atoms with E-state index < -0.39 is 12.1 Å². The Labute approximate surface area is 306 Å². The van der Waals surface area contributed by atoms with Crippen molar-refractivity contribution in [1.82, 2.24) is 10.9 Å². The van der Waals surface area contributed by atoms with Gasteiger partial charge in [0.2, 0.25) is 0 Å². The maximum atomic E-state index is 11.6. The minimum absolute atomic E-state index is 0. The normalized spacial score (nSPS) is 10.5. The van der Waals surface area contributed by atoms with E-state index in [0.29, 0.717) is 62.9 Å². The molecule has 0 fully saturated rings. The zero-order valence-electron chi connectivity index (χ0n) is 21.9. The molecule has 4 amide bonds. The van der Waals surface area contributed by atoms with Crippen LogP contribution in [-0.2, 0) is 16.8 Å². The number of carbonyl (C=O) groups is 2. The zero-order valence-corrected chi connectivity index (χ0v) is 29.0. The van der Waals surface area contributed by atoms with Gasteiger partial charge in [-0.05, 0) is 72.8 Å². The molecule has 0 saturated heterocycles. The molecule has 0 aliphatic carbocycles. The fourth-order valence-corrected chi connectivity index (χ4v) is 5.03. The van der Waals surface area contributed by atoms with Crippen LogP contribution in [0.3, 0.4) is 0 Å². The SMILES string of the molecule is O=C(N=Nc1cc(Cl)cc(Cl)c1)NNc1cc(Cl)cc(Cl)c1.O=C(N=Nc1cc(Cl)cc(Cl)c1)NNc1cc(Cl)cc(Cl)c1.[Co]. The van der Waals surface area contributed by atoms with Crippen molar-refractivity contribution in [3.05, 3.63) is 113 Å². The third-order valence-electron chi connectivity index (χ3n) is 4.56. The fraction of sp³-hybridized carbons (Fsp3) is 0. The zero-order chi connectivity index (χ0) is 32.2. The maximum Gasteiger partial charge on any atom is 0.378 e. The Bertz CT molecular complexity index is 1520. The van der Waals surface area contributed by atoms with Crippen molar-refractivity contribution < 1.29 is 26.4 Å². The van der Waals surface area contributed by atoms with Crippen molar-refractivity contribution in [2.75, 3.05) is 10.9 Å². The largest absolute Gasteiger partial charge is 0.378 e. The Balaban J connectivity index is 0.000000307. The summed E-state index contributed by atoms with van der Waals surface area (Å²) in [5, 5.41) is 17.7. The van der Waals surface area contributed by atoms with Gasteiger partial charge >= 0.3 is 12.1 Å². The van der Waals surface area contributed by atoms with Gasteiger partial charge in [0, 0.05) is 57.0 Å². The predicted molar refractivity (Wildman–Crippen MR) is 179 cm³/mol. The first-order valence-electron chi connectivity index (χ1n) is 11.6. The molecule has 237 valence electrons. The maximum absolute atomic E-state index is 11.6. The van der Waals surface area contributed by atoms with Crippen molar-refractivity contribution >= 4 is 128 Å². The number of nitrogens with zero attached hydrogens (tertiary/aromatic N) is 4. The van der Waals surface area contributed by atoms with Crippen molar-refractivity contribution in [3.63, 3.8) is 0 Å². The summed E-state index contributed by atoms with van der Waals surface area (Å²) in [5.41, 5.74) is 11.6. The van der Waals surface area contributed by atoms with E-state index in [2.05, 4.69) is 42.2 Å². The Morgan fingerprint density at radius 3 is 0.933 bits per heavy atom. The predicted octanol–water partition coefficient (Wildman–Crippen LogP) is 12.2. The molecule has 4 N–H and O–H groups in total. The van der Waals surface area contributed by atoms with Crippen LogP contribution in [0, 0.1) is 0 Å². The van der Waals surface area contributed by atoms with Crippen LogP contribution in [0.1, 0.15) is 0 Å². The number of hydrogen-bond acceptors (Lipinski definition) is 6. The van der Waals surface area contributed by atoms with Crippen molar-refractivity contribution in [1.29, 1.82) is 0 Å². The first-order chi connectivity index (χ1) is 20.8. The second-order valence-corrected chi connectivity index (χ2v) is 11.6. The first-order valence-corrected chi connectivity index (χ1v) is 14.7. The summed E-state index contributed by atoms with van der Waals surface area (Å²) in [4.78, 5) is 23.1. The van der Waals surface area contributed by atoms with Gasteiger partial charge in [-0.15, -0.1) is 10.2 Å². The Morgan fingerprint density at radius 2 is 0.667 bits per heavy atom. The number of benzene rings is 4. The molecule has 0 heterocycles. The van der Waals surface area contributed by atoms with E-state index in [-0.39, 0.29) is 16.8 Å². The van der Waals surface area contributed by atoms with E-state index in [0.717, 1.165) is 0 Å². The molecule has 1 radical (unpaired) electrons. The molecule has 45 heavy (non-hydrogen) atoms. The number of nitrogens with one attached hydrogen (secondary N) is 4. The topological polar surface area (TPSA) is 132 Å². The van der Waals surface area contributed by atoms with Crippen molar-refractivity contribution in [2.24, 2.45) is 20.5 Å². The average molecular weight is 815 g/mol. The molecule has 0 bridgehead atoms. The molecule has 19 heteroatoms. The Hall–Kier alpha value is -2.55. The van der Waals surface area contributed by atoms with Gasteiger partial charge in [0.15, 0.2) is 0 Å². The van der Waals surface area contributed by atoms with Crippen LogP contribution in [-0.4, -0.2) is 12.1 Å². The molecule has 0 unspecified atom stereocenters. The standard InChI is InChI=1S/2C13H8Cl4N4O.Co/c2*14-7-1-8(15)4-11(3-7)18-20-13(22)21-19-12-5-9(16)2-10(17)6-12;/h2*1-6,18H,(H,20,22);. The minimum atomic E-state index is -0.716. The summed E-state index contributed by atoms with van der Waals surface area (Å²) in [7, 11) is 0. The minimum Gasteiger partial charge on any atom is -0.297 e. The van der Waals surface area contributed by atoms with E-state index >= 15 is 0 Å². The van der Waals surface area contributed by atoms with Gasteiger partial charge in [-0.25, -0.2) is 20.4 Å². The van der Waals surface area contributed by atoms with Crippen LogP contribution in [0.25, 0.3) is 0 Å². The smallest absolute Gasteiger partial charge is 0.297 e. The fourth-order valence-electron chi connectivity index (χ4n) is 2.95. The number of hydrazine groups is 2. The van der Waals surface area contributed by atoms with Crippen LogP contribution in [0.15, 0.2) is 93.3 Å². The molecule has 0 aliphatic rings. The third kappa shape index (κ3) is 15.1. The second kappa shape index (κ2) is 19.2. The number of carbonyl (C=O) groups excluding carboxylic acids is 2. The molecule has 4 aromatic rings. The molecule has 0 atom stereocenters. The summed E-state index contributed by atoms with van der Waals surface area (Å²) in [6, 6.07) is 17.2. The number of urea groups is 2. The number of azo groups is 2. The van der Waals surface area contributed by atoms with Crippen LogP contribution >= 0.6 is 92.8 Å². The molecular weight excluding hydrogens is 799 g/mol. The van der Waals surface area contributed by atoms with E-state index in [1.165, 1.54) is 24.3 Å². The van der Waals surface area contributed by atoms with E-state index in [1.807, 2.05) is 0 Å². The van der Waals surface area contributed by atoms with E-state index in [1.54, 1.807) is 48.5 Å². The van der Waals surface area contributed by atoms with Crippen LogP contribution in [0.4, 0.5) is 32.3 Å². The first kappa shape index (κ1) is 38.6. The number of amides is 4. The van der Waals surface area contributed by atoms with Crippen LogP contribution in [0.2, 0.25) is 40.2 Å². The molecule has 0 aromatic heterocycles. The summed E-state index contributed by atoms with van der Waals surface area (Å²) in [6.45, 7) is 0. The van der Waals surface area contributed by atoms with Gasteiger partial charge in [-0.2, -0.15) is 0 Å². The molecule has 0 saturated carbocycles. The van der Waals surface area contributed by atoms with E-state index in [4.69, 9.17) is 92.8 Å². The third-order valence-corrected chi connectivity index (χ3v) is 6.31. The number of anilines is 2. The quantitative estimate of drug-likeness (QED) is 0.114. The number of rotatable bonds is 6.